The third kappa shape index (κ3) is 2.45. The summed E-state index contributed by atoms with van der Waals surface area (Å²) < 4.78 is 14.2. The molecule has 5 nitrogen and oxygen atoms in total. The van der Waals surface area contributed by atoms with Crippen LogP contribution in [-0.2, 0) is 9.59 Å². The normalized spacial score (nSPS) is 19.2. The zero-order valence-corrected chi connectivity index (χ0v) is 12.2. The summed E-state index contributed by atoms with van der Waals surface area (Å²) in [4.78, 5) is 36.5. The zero-order chi connectivity index (χ0) is 14.9. The lowest BCUT2D eigenvalue weighted by atomic mass is 9.99. The number of para-hydroxylation sites is 1. The number of benzene rings is 1. The predicted molar refractivity (Wildman–Crippen MR) is 73.5 cm³/mol. The Morgan fingerprint density at radius 3 is 2.65 bits per heavy atom. The molecule has 1 aliphatic rings. The molecule has 1 saturated heterocycles. The van der Waals surface area contributed by atoms with E-state index >= 15 is 0 Å². The van der Waals surface area contributed by atoms with Crippen molar-refractivity contribution in [3.63, 3.8) is 0 Å². The van der Waals surface area contributed by atoms with Crippen LogP contribution in [-0.4, -0.2) is 17.8 Å². The van der Waals surface area contributed by atoms with E-state index in [0.717, 1.165) is 6.07 Å². The second-order valence-corrected chi connectivity index (χ2v) is 5.23. The van der Waals surface area contributed by atoms with Crippen LogP contribution in [0.15, 0.2) is 22.7 Å². The quantitative estimate of drug-likeness (QED) is 0.858. The molecule has 0 saturated carbocycles. The van der Waals surface area contributed by atoms with Gasteiger partial charge < -0.3 is 0 Å². The Balaban J connectivity index is 2.47. The molecule has 1 aromatic carbocycles. The van der Waals surface area contributed by atoms with E-state index in [0.29, 0.717) is 17.7 Å². The van der Waals surface area contributed by atoms with Crippen LogP contribution >= 0.6 is 15.9 Å². The topological polar surface area (TPSA) is 66.5 Å². The molecule has 1 fully saturated rings. The Morgan fingerprint density at radius 2 is 2.05 bits per heavy atom. The lowest BCUT2D eigenvalue weighted by Crippen LogP contribution is -2.58. The summed E-state index contributed by atoms with van der Waals surface area (Å²) in [5.74, 6) is -3.02. The van der Waals surface area contributed by atoms with Crippen molar-refractivity contribution in [3.05, 3.63) is 28.5 Å². The van der Waals surface area contributed by atoms with Gasteiger partial charge in [-0.1, -0.05) is 19.4 Å². The van der Waals surface area contributed by atoms with Crippen molar-refractivity contribution in [2.45, 2.75) is 19.8 Å². The van der Waals surface area contributed by atoms with Gasteiger partial charge in [-0.25, -0.2) is 14.1 Å². The summed E-state index contributed by atoms with van der Waals surface area (Å²) in [7, 11) is 0. The standard InChI is InChI=1S/C13H12BrFN2O3/c1-2-4-7-11(18)16-13(20)17(12(7)19)10-8(14)5-3-6-9(10)15/h3,5-7H,2,4H2,1H3,(H,16,18,20). The molecule has 4 amide bonds. The number of nitrogens with zero attached hydrogens (tertiary/aromatic N) is 1. The molecule has 1 unspecified atom stereocenters. The van der Waals surface area contributed by atoms with Gasteiger partial charge in [-0.2, -0.15) is 0 Å². The first-order chi connectivity index (χ1) is 9.47. The second kappa shape index (κ2) is 5.70. The summed E-state index contributed by atoms with van der Waals surface area (Å²) in [5.41, 5.74) is -0.177. The van der Waals surface area contributed by atoms with Crippen molar-refractivity contribution in [2.75, 3.05) is 4.90 Å². The molecule has 1 atom stereocenters. The van der Waals surface area contributed by atoms with Crippen LogP contribution in [0.25, 0.3) is 0 Å². The lowest BCUT2D eigenvalue weighted by Gasteiger charge is -2.30. The molecule has 7 heteroatoms. The van der Waals surface area contributed by atoms with Crippen LogP contribution in [0.4, 0.5) is 14.9 Å². The number of urea groups is 1. The van der Waals surface area contributed by atoms with Crippen molar-refractivity contribution in [1.29, 1.82) is 0 Å². The van der Waals surface area contributed by atoms with E-state index in [2.05, 4.69) is 21.2 Å². The number of anilines is 1. The van der Waals surface area contributed by atoms with Crippen LogP contribution in [0.3, 0.4) is 0 Å². The number of carbonyl (C=O) groups excluding carboxylic acids is 3. The molecule has 2 rings (SSSR count). The second-order valence-electron chi connectivity index (χ2n) is 4.38. The molecule has 1 heterocycles. The van der Waals surface area contributed by atoms with Crippen molar-refractivity contribution < 1.29 is 18.8 Å². The Bertz CT molecular complexity index is 571. The van der Waals surface area contributed by atoms with Gasteiger partial charge in [0.05, 0.1) is 0 Å². The third-order valence-electron chi connectivity index (χ3n) is 3.01. The number of barbiturate groups is 1. The van der Waals surface area contributed by atoms with E-state index in [1.165, 1.54) is 12.1 Å². The fraction of sp³-hybridized carbons (Fsp3) is 0.308. The molecule has 106 valence electrons. The van der Waals surface area contributed by atoms with Gasteiger partial charge in [-0.15, -0.1) is 0 Å². The minimum absolute atomic E-state index is 0.177. The average Bonchev–Trinajstić information content (AvgIpc) is 2.37. The number of imide groups is 2. The first-order valence-electron chi connectivity index (χ1n) is 6.10. The Hall–Kier alpha value is -1.76. The molecule has 0 radical (unpaired) electrons. The molecular formula is C13H12BrFN2O3. The van der Waals surface area contributed by atoms with Crippen molar-refractivity contribution in [1.82, 2.24) is 5.32 Å². The first kappa shape index (κ1) is 14.6. The maximum absolute atomic E-state index is 13.9. The highest BCUT2D eigenvalue weighted by molar-refractivity contribution is 9.10. The van der Waals surface area contributed by atoms with Gasteiger partial charge in [0.15, 0.2) is 0 Å². The number of hydrogen-bond acceptors (Lipinski definition) is 3. The molecule has 1 aromatic rings. The minimum Gasteiger partial charge on any atom is -0.277 e. The van der Waals surface area contributed by atoms with E-state index < -0.39 is 29.6 Å². The monoisotopic (exact) mass is 342 g/mol. The predicted octanol–water partition coefficient (Wildman–Crippen LogP) is 2.59. The van der Waals surface area contributed by atoms with Crippen molar-refractivity contribution >= 4 is 39.5 Å². The molecule has 0 bridgehead atoms. The van der Waals surface area contributed by atoms with E-state index in [1.807, 2.05) is 6.92 Å². The van der Waals surface area contributed by atoms with Gasteiger partial charge >= 0.3 is 6.03 Å². The van der Waals surface area contributed by atoms with E-state index in [1.54, 1.807) is 0 Å². The highest BCUT2D eigenvalue weighted by atomic mass is 79.9. The smallest absolute Gasteiger partial charge is 0.277 e. The summed E-state index contributed by atoms with van der Waals surface area (Å²) in [6.45, 7) is 1.82. The molecule has 0 spiro atoms. The SMILES string of the molecule is CCCC1C(=O)NC(=O)N(c2c(F)cccc2Br)C1=O. The maximum atomic E-state index is 13.9. The first-order valence-corrected chi connectivity index (χ1v) is 6.89. The number of carbonyl (C=O) groups is 3. The van der Waals surface area contributed by atoms with E-state index in [4.69, 9.17) is 0 Å². The highest BCUT2D eigenvalue weighted by Gasteiger charge is 2.42. The minimum atomic E-state index is -0.968. The zero-order valence-electron chi connectivity index (χ0n) is 10.7. The molecule has 1 aliphatic heterocycles. The van der Waals surface area contributed by atoms with Crippen molar-refractivity contribution in [2.24, 2.45) is 5.92 Å². The van der Waals surface area contributed by atoms with Crippen LogP contribution in [0.1, 0.15) is 19.8 Å². The van der Waals surface area contributed by atoms with Crippen molar-refractivity contribution in [3.8, 4) is 0 Å². The lowest BCUT2D eigenvalue weighted by molar-refractivity contribution is -0.134. The Kier molecular flexibility index (Phi) is 4.17. The van der Waals surface area contributed by atoms with Gasteiger partial charge in [0.1, 0.15) is 17.4 Å². The number of nitrogens with one attached hydrogen (secondary N) is 1. The molecular weight excluding hydrogens is 331 g/mol. The highest BCUT2D eigenvalue weighted by Crippen LogP contribution is 2.32. The molecule has 0 aromatic heterocycles. The molecule has 20 heavy (non-hydrogen) atoms. The largest absolute Gasteiger partial charge is 0.335 e. The van der Waals surface area contributed by atoms with Gasteiger partial charge in [0.25, 0.3) is 0 Å². The fourth-order valence-corrected chi connectivity index (χ4v) is 2.59. The Labute approximate surface area is 123 Å². The van der Waals surface area contributed by atoms with Crippen LogP contribution in [0, 0.1) is 11.7 Å². The Morgan fingerprint density at radius 1 is 1.35 bits per heavy atom. The average molecular weight is 343 g/mol. The van der Waals surface area contributed by atoms with Gasteiger partial charge in [-0.05, 0) is 34.5 Å². The van der Waals surface area contributed by atoms with Gasteiger partial charge in [-0.3, -0.25) is 14.9 Å². The third-order valence-corrected chi connectivity index (χ3v) is 3.65. The summed E-state index contributed by atoms with van der Waals surface area (Å²) >= 11 is 3.11. The number of amides is 4. The number of hydrogen-bond donors (Lipinski definition) is 1. The van der Waals surface area contributed by atoms with Gasteiger partial charge in [0, 0.05) is 4.47 Å². The van der Waals surface area contributed by atoms with E-state index in [9.17, 15) is 18.8 Å². The molecule has 0 aliphatic carbocycles. The summed E-state index contributed by atoms with van der Waals surface area (Å²) in [6.07, 6.45) is 0.908. The van der Waals surface area contributed by atoms with Gasteiger partial charge in [0.2, 0.25) is 11.8 Å². The van der Waals surface area contributed by atoms with Crippen LogP contribution in [0.2, 0.25) is 0 Å². The molecule has 1 N–H and O–H groups in total. The fourth-order valence-electron chi connectivity index (χ4n) is 2.07. The number of halogens is 2. The summed E-state index contributed by atoms with van der Waals surface area (Å²) in [5, 5.41) is 2.09. The maximum Gasteiger partial charge on any atom is 0.335 e. The van der Waals surface area contributed by atoms with Crippen LogP contribution < -0.4 is 10.2 Å². The van der Waals surface area contributed by atoms with Crippen LogP contribution in [0.5, 0.6) is 0 Å². The summed E-state index contributed by atoms with van der Waals surface area (Å²) in [6, 6.07) is 3.18. The number of rotatable bonds is 3. The van der Waals surface area contributed by atoms with E-state index in [-0.39, 0.29) is 10.2 Å².